The Morgan fingerprint density at radius 3 is 2.47 bits per heavy atom. The summed E-state index contributed by atoms with van der Waals surface area (Å²) >= 11 is 0. The van der Waals surface area contributed by atoms with E-state index in [-0.39, 0.29) is 41.4 Å². The zero-order valence-corrected chi connectivity index (χ0v) is 24.6. The number of aromatic nitrogens is 4. The summed E-state index contributed by atoms with van der Waals surface area (Å²) in [5.74, 6) is 0.780. The number of carbonyl (C=O) groups excluding carboxylic acids is 1. The SMILES string of the molecule is CC1CN(C(=O)COc2cc(Nc3ncnc4cc(-c5ncccc5C(F)(F)F)cnc34)ccc2C(C)(C)C)CC(C)O1. The van der Waals surface area contributed by atoms with E-state index in [9.17, 15) is 18.0 Å². The molecule has 0 radical (unpaired) electrons. The molecular weight excluding hydrogens is 561 g/mol. The van der Waals surface area contributed by atoms with E-state index in [4.69, 9.17) is 9.47 Å². The molecule has 4 heterocycles. The van der Waals surface area contributed by atoms with Crippen molar-refractivity contribution in [2.45, 2.75) is 58.4 Å². The van der Waals surface area contributed by atoms with Gasteiger partial charge in [-0.1, -0.05) is 26.8 Å². The fourth-order valence-corrected chi connectivity index (χ4v) is 5.12. The van der Waals surface area contributed by atoms with Crippen LogP contribution in [0.2, 0.25) is 0 Å². The summed E-state index contributed by atoms with van der Waals surface area (Å²) in [5.41, 5.74) is 1.08. The Balaban J connectivity index is 1.41. The van der Waals surface area contributed by atoms with E-state index in [1.165, 1.54) is 30.9 Å². The van der Waals surface area contributed by atoms with E-state index < -0.39 is 11.7 Å². The molecule has 9 nitrogen and oxygen atoms in total. The molecule has 0 bridgehead atoms. The van der Waals surface area contributed by atoms with Crippen molar-refractivity contribution < 1.29 is 27.4 Å². The molecule has 43 heavy (non-hydrogen) atoms. The first kappa shape index (κ1) is 30.1. The Hall–Kier alpha value is -4.32. The molecule has 3 aromatic heterocycles. The number of anilines is 2. The molecule has 0 saturated carbocycles. The minimum Gasteiger partial charge on any atom is -0.483 e. The number of fused-ring (bicyclic) bond motifs is 1. The predicted octanol–water partition coefficient (Wildman–Crippen LogP) is 6.16. The van der Waals surface area contributed by atoms with Gasteiger partial charge < -0.3 is 19.7 Å². The zero-order valence-electron chi connectivity index (χ0n) is 24.6. The van der Waals surface area contributed by atoms with Gasteiger partial charge in [-0.05, 0) is 49.1 Å². The van der Waals surface area contributed by atoms with E-state index in [1.807, 2.05) is 26.0 Å². The average molecular weight is 595 g/mol. The number of alkyl halides is 3. The Morgan fingerprint density at radius 2 is 1.77 bits per heavy atom. The minimum absolute atomic E-state index is 0.0478. The molecule has 2 unspecified atom stereocenters. The number of nitrogens with zero attached hydrogens (tertiary/aromatic N) is 5. The minimum atomic E-state index is -4.57. The van der Waals surface area contributed by atoms with E-state index in [0.717, 1.165) is 11.6 Å². The van der Waals surface area contributed by atoms with Gasteiger partial charge in [0, 0.05) is 42.8 Å². The molecule has 5 rings (SSSR count). The van der Waals surface area contributed by atoms with Crippen molar-refractivity contribution in [3.8, 4) is 17.0 Å². The number of hydrogen-bond acceptors (Lipinski definition) is 8. The monoisotopic (exact) mass is 594 g/mol. The third-order valence-corrected chi connectivity index (χ3v) is 7.04. The van der Waals surface area contributed by atoms with Gasteiger partial charge in [0.05, 0.1) is 29.0 Å². The predicted molar refractivity (Wildman–Crippen MR) is 156 cm³/mol. The second kappa shape index (κ2) is 11.8. The van der Waals surface area contributed by atoms with Crippen molar-refractivity contribution in [3.63, 3.8) is 0 Å². The lowest BCUT2D eigenvalue weighted by molar-refractivity contribution is -0.145. The molecule has 4 aromatic rings. The molecule has 2 atom stereocenters. The second-order valence-electron chi connectivity index (χ2n) is 11.6. The van der Waals surface area contributed by atoms with Gasteiger partial charge in [0.15, 0.2) is 12.4 Å². The van der Waals surface area contributed by atoms with Crippen LogP contribution in [0.25, 0.3) is 22.3 Å². The number of hydrogen-bond donors (Lipinski definition) is 1. The summed E-state index contributed by atoms with van der Waals surface area (Å²) in [6.45, 7) is 10.9. The summed E-state index contributed by atoms with van der Waals surface area (Å²) in [5, 5.41) is 3.22. The van der Waals surface area contributed by atoms with Gasteiger partial charge in [-0.15, -0.1) is 0 Å². The fourth-order valence-electron chi connectivity index (χ4n) is 5.12. The molecular formula is C31H33F3N6O3. The lowest BCUT2D eigenvalue weighted by Crippen LogP contribution is -2.49. The highest BCUT2D eigenvalue weighted by atomic mass is 19.4. The lowest BCUT2D eigenvalue weighted by atomic mass is 9.86. The van der Waals surface area contributed by atoms with Crippen LogP contribution in [-0.4, -0.2) is 62.6 Å². The molecule has 1 N–H and O–H groups in total. The highest BCUT2D eigenvalue weighted by Gasteiger charge is 2.34. The first-order valence-corrected chi connectivity index (χ1v) is 13.9. The van der Waals surface area contributed by atoms with Crippen LogP contribution in [-0.2, 0) is 21.1 Å². The molecule has 1 aliphatic heterocycles. The van der Waals surface area contributed by atoms with Gasteiger partial charge in [-0.2, -0.15) is 13.2 Å². The molecule has 1 fully saturated rings. The summed E-state index contributed by atoms with van der Waals surface area (Å²) < 4.78 is 52.6. The third kappa shape index (κ3) is 6.85. The van der Waals surface area contributed by atoms with Crippen LogP contribution >= 0.6 is 0 Å². The van der Waals surface area contributed by atoms with Crippen molar-refractivity contribution in [2.75, 3.05) is 25.0 Å². The number of pyridine rings is 2. The van der Waals surface area contributed by atoms with Crippen molar-refractivity contribution in [1.29, 1.82) is 0 Å². The first-order chi connectivity index (χ1) is 20.3. The molecule has 1 aromatic carbocycles. The summed E-state index contributed by atoms with van der Waals surface area (Å²) in [6, 6.07) is 9.32. The molecule has 1 aliphatic rings. The summed E-state index contributed by atoms with van der Waals surface area (Å²) in [4.78, 5) is 31.6. The number of morpholine rings is 1. The Labute approximate surface area is 247 Å². The van der Waals surface area contributed by atoms with E-state index in [0.29, 0.717) is 41.4 Å². The topological polar surface area (TPSA) is 102 Å². The molecule has 12 heteroatoms. The van der Waals surface area contributed by atoms with Gasteiger partial charge in [0.1, 0.15) is 17.6 Å². The maximum atomic E-state index is 13.6. The lowest BCUT2D eigenvalue weighted by Gasteiger charge is -2.35. The fraction of sp³-hybridized carbons (Fsp3) is 0.387. The standard InChI is InChI=1S/C31H33F3N6O3/c1-18-14-40(15-19(2)43-18)26(41)16-42-25-12-21(8-9-22(25)30(3,4)5)39-29-28-24(37-17-38-29)11-20(13-36-28)27-23(31(32,33)34)7-6-10-35-27/h6-13,17-19H,14-16H2,1-5H3,(H,37,38,39). The number of ether oxygens (including phenoxy) is 2. The average Bonchev–Trinajstić information content (AvgIpc) is 2.94. The second-order valence-corrected chi connectivity index (χ2v) is 11.6. The number of amides is 1. The van der Waals surface area contributed by atoms with Crippen LogP contribution in [0.1, 0.15) is 45.7 Å². The molecule has 226 valence electrons. The van der Waals surface area contributed by atoms with Crippen LogP contribution < -0.4 is 10.1 Å². The Bertz CT molecular complexity index is 1630. The Kier molecular flexibility index (Phi) is 8.24. The first-order valence-electron chi connectivity index (χ1n) is 13.9. The van der Waals surface area contributed by atoms with Crippen LogP contribution in [0.5, 0.6) is 5.75 Å². The number of halogens is 3. The van der Waals surface area contributed by atoms with Crippen molar-refractivity contribution in [1.82, 2.24) is 24.8 Å². The Morgan fingerprint density at radius 1 is 1.02 bits per heavy atom. The highest BCUT2D eigenvalue weighted by molar-refractivity contribution is 5.89. The number of nitrogens with one attached hydrogen (secondary N) is 1. The number of rotatable bonds is 6. The van der Waals surface area contributed by atoms with Gasteiger partial charge in [0.2, 0.25) is 0 Å². The van der Waals surface area contributed by atoms with Crippen LogP contribution in [0.4, 0.5) is 24.7 Å². The zero-order chi connectivity index (χ0) is 30.9. The maximum absolute atomic E-state index is 13.6. The summed E-state index contributed by atoms with van der Waals surface area (Å²) in [6.07, 6.45) is -0.729. The van der Waals surface area contributed by atoms with Crippen molar-refractivity contribution >= 4 is 28.4 Å². The van der Waals surface area contributed by atoms with E-state index >= 15 is 0 Å². The van der Waals surface area contributed by atoms with E-state index in [2.05, 4.69) is 46.0 Å². The van der Waals surface area contributed by atoms with E-state index in [1.54, 1.807) is 11.0 Å². The molecule has 1 amide bonds. The number of carbonyl (C=O) groups is 1. The van der Waals surface area contributed by atoms with Crippen LogP contribution in [0.3, 0.4) is 0 Å². The maximum Gasteiger partial charge on any atom is 0.418 e. The van der Waals surface area contributed by atoms with Gasteiger partial charge in [0.25, 0.3) is 5.91 Å². The van der Waals surface area contributed by atoms with Gasteiger partial charge >= 0.3 is 6.18 Å². The largest absolute Gasteiger partial charge is 0.483 e. The van der Waals surface area contributed by atoms with Gasteiger partial charge in [-0.25, -0.2) is 15.0 Å². The molecule has 0 aliphatic carbocycles. The highest BCUT2D eigenvalue weighted by Crippen LogP contribution is 2.37. The smallest absolute Gasteiger partial charge is 0.418 e. The molecule has 0 spiro atoms. The number of benzene rings is 1. The van der Waals surface area contributed by atoms with Crippen LogP contribution in [0, 0.1) is 0 Å². The van der Waals surface area contributed by atoms with Crippen LogP contribution in [0.15, 0.2) is 55.1 Å². The van der Waals surface area contributed by atoms with Crippen molar-refractivity contribution in [2.24, 2.45) is 0 Å². The quantitative estimate of drug-likeness (QED) is 0.283. The van der Waals surface area contributed by atoms with Gasteiger partial charge in [-0.3, -0.25) is 9.78 Å². The third-order valence-electron chi connectivity index (χ3n) is 7.04. The summed E-state index contributed by atoms with van der Waals surface area (Å²) in [7, 11) is 0. The molecule has 1 saturated heterocycles. The normalized spacial score (nSPS) is 17.6. The van der Waals surface area contributed by atoms with Crippen molar-refractivity contribution in [3.05, 3.63) is 66.2 Å².